The van der Waals surface area contributed by atoms with E-state index in [1.807, 2.05) is 0 Å². The molecule has 3 nitrogen and oxygen atoms in total. The first-order valence-corrected chi connectivity index (χ1v) is 4.58. The van der Waals surface area contributed by atoms with E-state index in [0.717, 1.165) is 12.7 Å². The number of aliphatic hydroxyl groups excluding tert-OH is 1. The van der Waals surface area contributed by atoms with Gasteiger partial charge in [0.1, 0.15) is 12.5 Å². The summed E-state index contributed by atoms with van der Waals surface area (Å²) in [6, 6.07) is 0.169. The number of hydrogen-bond acceptors (Lipinski definition) is 3. The SMILES string of the molecule is CCC(C)C1NC(O)CC1C=O.[CaH2]. The fraction of sp³-hybridized carbons (Fsp3) is 0.889. The molecule has 13 heavy (non-hydrogen) atoms. The van der Waals surface area contributed by atoms with E-state index in [1.165, 1.54) is 0 Å². The van der Waals surface area contributed by atoms with Gasteiger partial charge in [0.2, 0.25) is 0 Å². The Morgan fingerprint density at radius 2 is 2.31 bits per heavy atom. The number of aliphatic hydroxyl groups is 1. The zero-order chi connectivity index (χ0) is 9.14. The Kier molecular flexibility index (Phi) is 6.77. The molecular weight excluding hydrogens is 194 g/mol. The summed E-state index contributed by atoms with van der Waals surface area (Å²) < 4.78 is 0. The van der Waals surface area contributed by atoms with E-state index in [0.29, 0.717) is 12.3 Å². The van der Waals surface area contributed by atoms with Crippen LogP contribution in [-0.2, 0) is 4.79 Å². The molecule has 74 valence electrons. The van der Waals surface area contributed by atoms with Gasteiger partial charge in [-0.1, -0.05) is 20.3 Å². The van der Waals surface area contributed by atoms with Crippen molar-refractivity contribution in [2.75, 3.05) is 0 Å². The van der Waals surface area contributed by atoms with Crippen LogP contribution in [-0.4, -0.2) is 61.4 Å². The molecule has 0 radical (unpaired) electrons. The molecule has 0 aliphatic carbocycles. The van der Waals surface area contributed by atoms with Gasteiger partial charge in [-0.15, -0.1) is 0 Å². The van der Waals surface area contributed by atoms with Gasteiger partial charge in [-0.2, -0.15) is 0 Å². The minimum atomic E-state index is -0.487. The first kappa shape index (κ1) is 13.8. The van der Waals surface area contributed by atoms with Crippen molar-refractivity contribution in [3.63, 3.8) is 0 Å². The van der Waals surface area contributed by atoms with E-state index in [9.17, 15) is 9.90 Å². The molecule has 1 heterocycles. The summed E-state index contributed by atoms with van der Waals surface area (Å²) in [6.07, 6.45) is 2.08. The molecule has 0 amide bonds. The van der Waals surface area contributed by atoms with Crippen LogP contribution >= 0.6 is 0 Å². The molecular formula is C9H19CaNO2. The summed E-state index contributed by atoms with van der Waals surface area (Å²) in [7, 11) is 0. The third kappa shape index (κ3) is 3.48. The zero-order valence-corrected chi connectivity index (χ0v) is 7.66. The Hall–Kier alpha value is 0.850. The average molecular weight is 213 g/mol. The van der Waals surface area contributed by atoms with E-state index >= 15 is 0 Å². The molecule has 4 unspecified atom stereocenters. The van der Waals surface area contributed by atoms with Gasteiger partial charge in [0.15, 0.2) is 0 Å². The molecule has 1 rings (SSSR count). The van der Waals surface area contributed by atoms with Crippen LogP contribution in [0.2, 0.25) is 0 Å². The normalized spacial score (nSPS) is 35.2. The molecule has 4 heteroatoms. The second kappa shape index (κ2) is 6.36. The van der Waals surface area contributed by atoms with Gasteiger partial charge in [0, 0.05) is 12.0 Å². The fourth-order valence-corrected chi connectivity index (χ4v) is 1.80. The van der Waals surface area contributed by atoms with Crippen LogP contribution in [0, 0.1) is 11.8 Å². The predicted molar refractivity (Wildman–Crippen MR) is 55.1 cm³/mol. The van der Waals surface area contributed by atoms with Crippen LogP contribution in [0.5, 0.6) is 0 Å². The zero-order valence-electron chi connectivity index (χ0n) is 7.66. The molecule has 1 saturated heterocycles. The van der Waals surface area contributed by atoms with Gasteiger partial charge in [-0.3, -0.25) is 5.32 Å². The topological polar surface area (TPSA) is 49.3 Å². The van der Waals surface area contributed by atoms with Gasteiger partial charge < -0.3 is 9.90 Å². The number of rotatable bonds is 3. The molecule has 0 saturated carbocycles. The molecule has 0 aromatic heterocycles. The van der Waals surface area contributed by atoms with Crippen molar-refractivity contribution in [2.24, 2.45) is 11.8 Å². The molecule has 2 N–H and O–H groups in total. The van der Waals surface area contributed by atoms with Crippen molar-refractivity contribution in [1.82, 2.24) is 5.32 Å². The Bertz CT molecular complexity index is 166. The number of aldehydes is 1. The van der Waals surface area contributed by atoms with Gasteiger partial charge in [-0.05, 0) is 12.3 Å². The van der Waals surface area contributed by atoms with Gasteiger partial charge in [0.05, 0.1) is 0 Å². The standard InChI is InChI=1S/C9H17NO2.Ca.2H/c1-3-6(2)9-7(5-11)4-8(12)10-9;;;/h5-10,12H,3-4H2,1-2H3;;;. The van der Waals surface area contributed by atoms with E-state index in [1.54, 1.807) is 0 Å². The van der Waals surface area contributed by atoms with E-state index in [4.69, 9.17) is 0 Å². The Morgan fingerprint density at radius 3 is 2.77 bits per heavy atom. The monoisotopic (exact) mass is 213 g/mol. The average Bonchev–Trinajstić information content (AvgIpc) is 2.45. The number of nitrogens with one attached hydrogen (secondary N) is 1. The molecule has 0 spiro atoms. The summed E-state index contributed by atoms with van der Waals surface area (Å²) in [5.41, 5.74) is 0. The number of hydrogen-bond donors (Lipinski definition) is 2. The third-order valence-electron chi connectivity index (χ3n) is 2.77. The second-order valence-corrected chi connectivity index (χ2v) is 3.63. The van der Waals surface area contributed by atoms with Crippen molar-refractivity contribution >= 4 is 44.0 Å². The van der Waals surface area contributed by atoms with E-state index < -0.39 is 6.23 Å². The maximum absolute atomic E-state index is 10.6. The van der Waals surface area contributed by atoms with Gasteiger partial charge >= 0.3 is 37.7 Å². The first-order valence-electron chi connectivity index (χ1n) is 4.58. The van der Waals surface area contributed by atoms with Crippen molar-refractivity contribution in [2.45, 2.75) is 39.0 Å². The molecule has 4 atom stereocenters. The summed E-state index contributed by atoms with van der Waals surface area (Å²) in [5.74, 6) is 0.451. The molecule has 1 fully saturated rings. The third-order valence-corrected chi connectivity index (χ3v) is 2.77. The van der Waals surface area contributed by atoms with Crippen molar-refractivity contribution in [1.29, 1.82) is 0 Å². The van der Waals surface area contributed by atoms with Crippen LogP contribution in [0.15, 0.2) is 0 Å². The van der Waals surface area contributed by atoms with Gasteiger partial charge in [0.25, 0.3) is 0 Å². The predicted octanol–water partition coefficient (Wildman–Crippen LogP) is -0.388. The van der Waals surface area contributed by atoms with Crippen LogP contribution in [0.4, 0.5) is 0 Å². The molecule has 0 aromatic carbocycles. The summed E-state index contributed by atoms with van der Waals surface area (Å²) in [4.78, 5) is 10.6. The van der Waals surface area contributed by atoms with Crippen molar-refractivity contribution in [3.8, 4) is 0 Å². The maximum atomic E-state index is 10.6. The molecule has 1 aliphatic rings. The number of carbonyl (C=O) groups excluding carboxylic acids is 1. The second-order valence-electron chi connectivity index (χ2n) is 3.63. The molecule has 0 aromatic rings. The van der Waals surface area contributed by atoms with Crippen LogP contribution in [0.3, 0.4) is 0 Å². The Labute approximate surface area is 109 Å². The van der Waals surface area contributed by atoms with Gasteiger partial charge in [-0.25, -0.2) is 0 Å². The first-order chi connectivity index (χ1) is 5.69. The Morgan fingerprint density at radius 1 is 1.69 bits per heavy atom. The van der Waals surface area contributed by atoms with E-state index in [-0.39, 0.29) is 49.7 Å². The fourth-order valence-electron chi connectivity index (χ4n) is 1.80. The minimum absolute atomic E-state index is 0. The Balaban J connectivity index is 0.00000144. The summed E-state index contributed by atoms with van der Waals surface area (Å²) in [5, 5.41) is 12.3. The van der Waals surface area contributed by atoms with E-state index in [2.05, 4.69) is 19.2 Å². The van der Waals surface area contributed by atoms with Crippen LogP contribution in [0.25, 0.3) is 0 Å². The molecule has 0 bridgehead atoms. The summed E-state index contributed by atoms with van der Waals surface area (Å²) >= 11 is 0. The van der Waals surface area contributed by atoms with Crippen LogP contribution < -0.4 is 5.32 Å². The molecule has 1 aliphatic heterocycles. The van der Waals surface area contributed by atoms with Crippen molar-refractivity contribution in [3.05, 3.63) is 0 Å². The quantitative estimate of drug-likeness (QED) is 0.496. The summed E-state index contributed by atoms with van der Waals surface area (Å²) in [6.45, 7) is 4.20. The van der Waals surface area contributed by atoms with Crippen LogP contribution in [0.1, 0.15) is 26.7 Å². The number of carbonyl (C=O) groups is 1. The van der Waals surface area contributed by atoms with Crippen molar-refractivity contribution < 1.29 is 9.90 Å².